The SMILES string of the molecule is CCN1CCC(C(=O)N2CCC(CNC(=O)C3CCNCC3)C2)CC1. The number of hydrogen-bond acceptors (Lipinski definition) is 4. The largest absolute Gasteiger partial charge is 0.356 e. The van der Waals surface area contributed by atoms with Crippen LogP contribution in [0.25, 0.3) is 0 Å². The van der Waals surface area contributed by atoms with Gasteiger partial charge in [-0.3, -0.25) is 9.59 Å². The Hall–Kier alpha value is -1.14. The molecule has 142 valence electrons. The summed E-state index contributed by atoms with van der Waals surface area (Å²) in [6, 6.07) is 0. The third-order valence-corrected chi connectivity index (χ3v) is 6.26. The fraction of sp³-hybridized carbons (Fsp3) is 0.895. The second-order valence-electron chi connectivity index (χ2n) is 7.92. The van der Waals surface area contributed by atoms with Gasteiger partial charge in [0.25, 0.3) is 0 Å². The minimum atomic E-state index is 0.170. The standard InChI is InChI=1S/C19H34N4O2/c1-2-22-10-6-17(7-11-22)19(25)23-12-5-15(14-23)13-21-18(24)16-3-8-20-9-4-16/h15-17,20H,2-14H2,1H3,(H,21,24). The normalized spacial score (nSPS) is 26.8. The van der Waals surface area contributed by atoms with E-state index in [0.29, 0.717) is 11.8 Å². The molecule has 3 aliphatic heterocycles. The number of nitrogens with zero attached hydrogens (tertiary/aromatic N) is 2. The second kappa shape index (κ2) is 8.99. The van der Waals surface area contributed by atoms with Gasteiger partial charge >= 0.3 is 0 Å². The van der Waals surface area contributed by atoms with E-state index in [4.69, 9.17) is 0 Å². The van der Waals surface area contributed by atoms with Crippen LogP contribution in [-0.2, 0) is 9.59 Å². The molecule has 2 N–H and O–H groups in total. The number of likely N-dealkylation sites (tertiary alicyclic amines) is 2. The summed E-state index contributed by atoms with van der Waals surface area (Å²) in [5.74, 6) is 1.36. The average Bonchev–Trinajstić information content (AvgIpc) is 3.15. The molecule has 25 heavy (non-hydrogen) atoms. The molecule has 0 radical (unpaired) electrons. The lowest BCUT2D eigenvalue weighted by Crippen LogP contribution is -2.42. The van der Waals surface area contributed by atoms with Gasteiger partial charge in [-0.25, -0.2) is 0 Å². The molecular weight excluding hydrogens is 316 g/mol. The third kappa shape index (κ3) is 4.94. The first kappa shape index (κ1) is 18.6. The predicted molar refractivity (Wildman–Crippen MR) is 98.1 cm³/mol. The molecule has 0 aromatic heterocycles. The van der Waals surface area contributed by atoms with E-state index in [1.54, 1.807) is 0 Å². The van der Waals surface area contributed by atoms with E-state index in [1.165, 1.54) is 0 Å². The number of carbonyl (C=O) groups excluding carboxylic acids is 2. The van der Waals surface area contributed by atoms with E-state index in [-0.39, 0.29) is 17.7 Å². The molecule has 0 aliphatic carbocycles. The lowest BCUT2D eigenvalue weighted by atomic mass is 9.95. The minimum Gasteiger partial charge on any atom is -0.356 e. The maximum Gasteiger partial charge on any atom is 0.225 e. The Kier molecular flexibility index (Phi) is 6.70. The topological polar surface area (TPSA) is 64.7 Å². The maximum absolute atomic E-state index is 12.7. The van der Waals surface area contributed by atoms with Crippen molar-refractivity contribution in [1.29, 1.82) is 0 Å². The van der Waals surface area contributed by atoms with Crippen LogP contribution in [0.5, 0.6) is 0 Å². The van der Waals surface area contributed by atoms with Crippen LogP contribution >= 0.6 is 0 Å². The molecule has 3 heterocycles. The van der Waals surface area contributed by atoms with Crippen molar-refractivity contribution >= 4 is 11.8 Å². The number of carbonyl (C=O) groups is 2. The van der Waals surface area contributed by atoms with Crippen LogP contribution in [0.3, 0.4) is 0 Å². The predicted octanol–water partition coefficient (Wildman–Crippen LogP) is 0.683. The van der Waals surface area contributed by atoms with Crippen molar-refractivity contribution < 1.29 is 9.59 Å². The summed E-state index contributed by atoms with van der Waals surface area (Å²) in [7, 11) is 0. The molecular formula is C19H34N4O2. The molecule has 0 aromatic carbocycles. The van der Waals surface area contributed by atoms with Gasteiger partial charge in [0, 0.05) is 31.5 Å². The summed E-state index contributed by atoms with van der Waals surface area (Å²) in [5, 5.41) is 6.43. The molecule has 0 bridgehead atoms. The lowest BCUT2D eigenvalue weighted by molar-refractivity contribution is -0.136. The Morgan fingerprint density at radius 2 is 1.72 bits per heavy atom. The van der Waals surface area contributed by atoms with Gasteiger partial charge in [-0.05, 0) is 70.7 Å². The Labute approximate surface area is 151 Å². The lowest BCUT2D eigenvalue weighted by Gasteiger charge is -2.32. The fourth-order valence-corrected chi connectivity index (χ4v) is 4.43. The van der Waals surface area contributed by atoms with E-state index in [0.717, 1.165) is 84.5 Å². The molecule has 1 unspecified atom stereocenters. The smallest absolute Gasteiger partial charge is 0.225 e. The van der Waals surface area contributed by atoms with E-state index in [2.05, 4.69) is 22.5 Å². The van der Waals surface area contributed by atoms with Crippen molar-refractivity contribution in [3.63, 3.8) is 0 Å². The Balaban J connectivity index is 1.38. The molecule has 3 saturated heterocycles. The zero-order chi connectivity index (χ0) is 17.6. The first-order chi connectivity index (χ1) is 12.2. The van der Waals surface area contributed by atoms with Gasteiger partial charge in [-0.1, -0.05) is 6.92 Å². The van der Waals surface area contributed by atoms with Gasteiger partial charge in [0.2, 0.25) is 11.8 Å². The van der Waals surface area contributed by atoms with Crippen LogP contribution < -0.4 is 10.6 Å². The summed E-state index contributed by atoms with van der Waals surface area (Å²) in [6.45, 7) is 9.67. The maximum atomic E-state index is 12.7. The van der Waals surface area contributed by atoms with Crippen LogP contribution in [0, 0.1) is 17.8 Å². The highest BCUT2D eigenvalue weighted by Crippen LogP contribution is 2.24. The molecule has 0 saturated carbocycles. The average molecular weight is 351 g/mol. The molecule has 3 fully saturated rings. The quantitative estimate of drug-likeness (QED) is 0.765. The van der Waals surface area contributed by atoms with Gasteiger partial charge in [-0.2, -0.15) is 0 Å². The van der Waals surface area contributed by atoms with Crippen LogP contribution in [0.15, 0.2) is 0 Å². The van der Waals surface area contributed by atoms with Crippen LogP contribution in [0.1, 0.15) is 39.0 Å². The summed E-state index contributed by atoms with van der Waals surface area (Å²) >= 11 is 0. The van der Waals surface area contributed by atoms with Crippen molar-refractivity contribution in [2.45, 2.75) is 39.0 Å². The van der Waals surface area contributed by atoms with E-state index < -0.39 is 0 Å². The first-order valence-electron chi connectivity index (χ1n) is 10.2. The number of hydrogen-bond donors (Lipinski definition) is 2. The van der Waals surface area contributed by atoms with E-state index >= 15 is 0 Å². The van der Waals surface area contributed by atoms with Crippen LogP contribution in [0.2, 0.25) is 0 Å². The number of piperidine rings is 2. The Bertz CT molecular complexity index is 456. The number of rotatable bonds is 5. The molecule has 3 aliphatic rings. The summed E-state index contributed by atoms with van der Waals surface area (Å²) in [4.78, 5) is 29.5. The van der Waals surface area contributed by atoms with E-state index in [9.17, 15) is 9.59 Å². The molecule has 1 atom stereocenters. The molecule has 0 spiro atoms. The monoisotopic (exact) mass is 350 g/mol. The van der Waals surface area contributed by atoms with Crippen molar-refractivity contribution in [2.75, 3.05) is 52.4 Å². The zero-order valence-electron chi connectivity index (χ0n) is 15.6. The van der Waals surface area contributed by atoms with E-state index in [1.807, 2.05) is 4.90 Å². The van der Waals surface area contributed by atoms with Crippen LogP contribution in [-0.4, -0.2) is 74.0 Å². The van der Waals surface area contributed by atoms with Gasteiger partial charge in [0.15, 0.2) is 0 Å². The number of amides is 2. The second-order valence-corrected chi connectivity index (χ2v) is 7.92. The highest BCUT2D eigenvalue weighted by Gasteiger charge is 2.33. The first-order valence-corrected chi connectivity index (χ1v) is 10.2. The third-order valence-electron chi connectivity index (χ3n) is 6.26. The molecule has 6 heteroatoms. The fourth-order valence-electron chi connectivity index (χ4n) is 4.43. The van der Waals surface area contributed by atoms with Gasteiger partial charge < -0.3 is 20.4 Å². The van der Waals surface area contributed by atoms with Gasteiger partial charge in [0.1, 0.15) is 0 Å². The summed E-state index contributed by atoms with van der Waals surface area (Å²) < 4.78 is 0. The van der Waals surface area contributed by atoms with Crippen molar-refractivity contribution in [1.82, 2.24) is 20.4 Å². The van der Waals surface area contributed by atoms with Crippen molar-refractivity contribution in [2.24, 2.45) is 17.8 Å². The van der Waals surface area contributed by atoms with Gasteiger partial charge in [-0.15, -0.1) is 0 Å². The highest BCUT2D eigenvalue weighted by atomic mass is 16.2. The van der Waals surface area contributed by atoms with Gasteiger partial charge in [0.05, 0.1) is 0 Å². The summed E-state index contributed by atoms with van der Waals surface area (Å²) in [5.41, 5.74) is 0. The minimum absolute atomic E-state index is 0.170. The summed E-state index contributed by atoms with van der Waals surface area (Å²) in [6.07, 6.45) is 4.90. The number of nitrogens with one attached hydrogen (secondary N) is 2. The van der Waals surface area contributed by atoms with Crippen molar-refractivity contribution in [3.05, 3.63) is 0 Å². The Morgan fingerprint density at radius 3 is 2.40 bits per heavy atom. The van der Waals surface area contributed by atoms with Crippen LogP contribution in [0.4, 0.5) is 0 Å². The molecule has 6 nitrogen and oxygen atoms in total. The molecule has 3 rings (SSSR count). The zero-order valence-corrected chi connectivity index (χ0v) is 15.6. The Morgan fingerprint density at radius 1 is 1.00 bits per heavy atom. The highest BCUT2D eigenvalue weighted by molar-refractivity contribution is 5.79. The molecule has 0 aromatic rings. The van der Waals surface area contributed by atoms with Crippen molar-refractivity contribution in [3.8, 4) is 0 Å². The molecule has 2 amide bonds.